The van der Waals surface area contributed by atoms with Gasteiger partial charge in [0.05, 0.1) is 10.6 Å². The van der Waals surface area contributed by atoms with E-state index < -0.39 is 11.7 Å². The molecule has 2 rings (SSSR count). The molecule has 1 heterocycles. The van der Waals surface area contributed by atoms with Gasteiger partial charge in [0.1, 0.15) is 5.82 Å². The van der Waals surface area contributed by atoms with Crippen LogP contribution in [0, 0.1) is 5.82 Å². The number of nitrogens with zero attached hydrogens (tertiary/aromatic N) is 1. The van der Waals surface area contributed by atoms with Crippen molar-refractivity contribution in [3.63, 3.8) is 0 Å². The minimum absolute atomic E-state index is 0.107. The SMILES string of the molecule is O=C(NCCc1ccccn1)c1c(F)cccc1Cl. The van der Waals surface area contributed by atoms with Crippen LogP contribution in [-0.4, -0.2) is 17.4 Å². The van der Waals surface area contributed by atoms with Gasteiger partial charge in [-0.15, -0.1) is 0 Å². The molecule has 3 nitrogen and oxygen atoms in total. The molecule has 0 aliphatic carbocycles. The summed E-state index contributed by atoms with van der Waals surface area (Å²) in [6.07, 6.45) is 2.27. The highest BCUT2D eigenvalue weighted by Gasteiger charge is 2.14. The third-order valence-electron chi connectivity index (χ3n) is 2.58. The smallest absolute Gasteiger partial charge is 0.255 e. The van der Waals surface area contributed by atoms with Crippen molar-refractivity contribution in [2.75, 3.05) is 6.54 Å². The van der Waals surface area contributed by atoms with E-state index in [1.807, 2.05) is 18.2 Å². The molecule has 0 atom stereocenters. The molecular weight excluding hydrogens is 267 g/mol. The number of aromatic nitrogens is 1. The van der Waals surface area contributed by atoms with Crippen LogP contribution in [0.2, 0.25) is 5.02 Å². The average molecular weight is 279 g/mol. The predicted octanol–water partition coefficient (Wildman–Crippen LogP) is 2.85. The lowest BCUT2D eigenvalue weighted by molar-refractivity contribution is 0.0950. The fourth-order valence-corrected chi connectivity index (χ4v) is 1.90. The van der Waals surface area contributed by atoms with E-state index in [2.05, 4.69) is 10.3 Å². The third-order valence-corrected chi connectivity index (χ3v) is 2.90. The summed E-state index contributed by atoms with van der Waals surface area (Å²) >= 11 is 5.81. The molecule has 1 aromatic carbocycles. The summed E-state index contributed by atoms with van der Waals surface area (Å²) in [5, 5.41) is 2.73. The zero-order chi connectivity index (χ0) is 13.7. The van der Waals surface area contributed by atoms with Crippen LogP contribution in [0.5, 0.6) is 0 Å². The van der Waals surface area contributed by atoms with E-state index in [9.17, 15) is 9.18 Å². The Morgan fingerprint density at radius 2 is 2.11 bits per heavy atom. The quantitative estimate of drug-likeness (QED) is 0.934. The van der Waals surface area contributed by atoms with Crippen molar-refractivity contribution in [3.05, 3.63) is 64.7 Å². The number of rotatable bonds is 4. The van der Waals surface area contributed by atoms with Crippen LogP contribution < -0.4 is 5.32 Å². The van der Waals surface area contributed by atoms with Gasteiger partial charge in [-0.3, -0.25) is 9.78 Å². The highest BCUT2D eigenvalue weighted by Crippen LogP contribution is 2.18. The first-order chi connectivity index (χ1) is 9.18. The van der Waals surface area contributed by atoms with Crippen molar-refractivity contribution in [2.24, 2.45) is 0 Å². The Bertz CT molecular complexity index is 555. The fraction of sp³-hybridized carbons (Fsp3) is 0.143. The van der Waals surface area contributed by atoms with Gasteiger partial charge in [0, 0.05) is 24.9 Å². The van der Waals surface area contributed by atoms with E-state index in [0.29, 0.717) is 13.0 Å². The first kappa shape index (κ1) is 13.5. The van der Waals surface area contributed by atoms with E-state index in [1.54, 1.807) is 6.20 Å². The molecule has 1 N–H and O–H groups in total. The maximum atomic E-state index is 13.5. The summed E-state index contributed by atoms with van der Waals surface area (Å²) in [5.74, 6) is -1.14. The minimum Gasteiger partial charge on any atom is -0.352 e. The molecule has 1 amide bonds. The van der Waals surface area contributed by atoms with Crippen LogP contribution in [0.1, 0.15) is 16.1 Å². The van der Waals surface area contributed by atoms with E-state index in [0.717, 1.165) is 5.69 Å². The number of benzene rings is 1. The lowest BCUT2D eigenvalue weighted by atomic mass is 10.2. The number of carbonyl (C=O) groups excluding carboxylic acids is 1. The normalized spacial score (nSPS) is 10.2. The Morgan fingerprint density at radius 1 is 1.26 bits per heavy atom. The summed E-state index contributed by atoms with van der Waals surface area (Å²) < 4.78 is 13.5. The number of hydrogen-bond donors (Lipinski definition) is 1. The lowest BCUT2D eigenvalue weighted by Crippen LogP contribution is -2.27. The molecule has 0 bridgehead atoms. The van der Waals surface area contributed by atoms with Crippen molar-refractivity contribution in [1.82, 2.24) is 10.3 Å². The third kappa shape index (κ3) is 3.51. The molecule has 0 unspecified atom stereocenters. The second kappa shape index (κ2) is 6.29. The molecule has 0 fully saturated rings. The molecular formula is C14H12ClFN2O. The predicted molar refractivity (Wildman–Crippen MR) is 71.7 cm³/mol. The second-order valence-electron chi connectivity index (χ2n) is 3.92. The van der Waals surface area contributed by atoms with Gasteiger partial charge in [0.15, 0.2) is 0 Å². The molecule has 19 heavy (non-hydrogen) atoms. The number of hydrogen-bond acceptors (Lipinski definition) is 2. The largest absolute Gasteiger partial charge is 0.352 e. The molecule has 0 spiro atoms. The molecule has 5 heteroatoms. The molecule has 0 aliphatic rings. The van der Waals surface area contributed by atoms with Gasteiger partial charge in [0.25, 0.3) is 5.91 Å². The highest BCUT2D eigenvalue weighted by molar-refractivity contribution is 6.33. The number of carbonyl (C=O) groups is 1. The van der Waals surface area contributed by atoms with Gasteiger partial charge < -0.3 is 5.32 Å². The first-order valence-corrected chi connectivity index (χ1v) is 6.18. The lowest BCUT2D eigenvalue weighted by Gasteiger charge is -2.07. The Labute approximate surface area is 115 Å². The van der Waals surface area contributed by atoms with Gasteiger partial charge in [0.2, 0.25) is 0 Å². The van der Waals surface area contributed by atoms with Crippen molar-refractivity contribution in [2.45, 2.75) is 6.42 Å². The van der Waals surface area contributed by atoms with Gasteiger partial charge in [-0.25, -0.2) is 4.39 Å². The van der Waals surface area contributed by atoms with Crippen molar-refractivity contribution in [1.29, 1.82) is 0 Å². The van der Waals surface area contributed by atoms with Gasteiger partial charge in [-0.2, -0.15) is 0 Å². The Morgan fingerprint density at radius 3 is 2.79 bits per heavy atom. The zero-order valence-corrected chi connectivity index (χ0v) is 10.8. The number of amides is 1. The number of pyridine rings is 1. The van der Waals surface area contributed by atoms with Crippen molar-refractivity contribution >= 4 is 17.5 Å². The molecule has 2 aromatic rings. The van der Waals surface area contributed by atoms with Gasteiger partial charge >= 0.3 is 0 Å². The summed E-state index contributed by atoms with van der Waals surface area (Å²) in [6.45, 7) is 0.376. The topological polar surface area (TPSA) is 42.0 Å². The first-order valence-electron chi connectivity index (χ1n) is 5.80. The number of halogens is 2. The summed E-state index contributed by atoms with van der Waals surface area (Å²) in [5.41, 5.74) is 0.743. The maximum absolute atomic E-state index is 13.5. The van der Waals surface area contributed by atoms with Crippen LogP contribution in [0.3, 0.4) is 0 Å². The summed E-state index contributed by atoms with van der Waals surface area (Å²) in [6, 6.07) is 9.71. The minimum atomic E-state index is -0.622. The van der Waals surface area contributed by atoms with Gasteiger partial charge in [-0.1, -0.05) is 23.7 Å². The summed E-state index contributed by atoms with van der Waals surface area (Å²) in [4.78, 5) is 16.0. The number of nitrogens with one attached hydrogen (secondary N) is 1. The Balaban J connectivity index is 1.95. The molecule has 0 saturated heterocycles. The molecule has 0 aliphatic heterocycles. The van der Waals surface area contributed by atoms with E-state index in [4.69, 9.17) is 11.6 Å². The van der Waals surface area contributed by atoms with Crippen LogP contribution in [0.25, 0.3) is 0 Å². The monoisotopic (exact) mass is 278 g/mol. The van der Waals surface area contributed by atoms with E-state index >= 15 is 0 Å². The highest BCUT2D eigenvalue weighted by atomic mass is 35.5. The Hall–Kier alpha value is -1.94. The van der Waals surface area contributed by atoms with Crippen LogP contribution >= 0.6 is 11.6 Å². The summed E-state index contributed by atoms with van der Waals surface area (Å²) in [7, 11) is 0. The zero-order valence-electron chi connectivity index (χ0n) is 10.1. The van der Waals surface area contributed by atoms with Crippen LogP contribution in [-0.2, 0) is 6.42 Å². The average Bonchev–Trinajstić information content (AvgIpc) is 2.40. The van der Waals surface area contributed by atoms with Crippen LogP contribution in [0.4, 0.5) is 4.39 Å². The molecule has 0 saturated carbocycles. The van der Waals surface area contributed by atoms with Crippen LogP contribution in [0.15, 0.2) is 42.6 Å². The molecule has 98 valence electrons. The molecule has 1 aromatic heterocycles. The van der Waals surface area contributed by atoms with E-state index in [-0.39, 0.29) is 10.6 Å². The Kier molecular flexibility index (Phi) is 4.47. The second-order valence-corrected chi connectivity index (χ2v) is 4.33. The van der Waals surface area contributed by atoms with E-state index in [1.165, 1.54) is 18.2 Å². The van der Waals surface area contributed by atoms with Crippen molar-refractivity contribution < 1.29 is 9.18 Å². The van der Waals surface area contributed by atoms with Gasteiger partial charge in [-0.05, 0) is 24.3 Å². The van der Waals surface area contributed by atoms with Crippen molar-refractivity contribution in [3.8, 4) is 0 Å². The maximum Gasteiger partial charge on any atom is 0.255 e. The molecule has 0 radical (unpaired) electrons. The standard InChI is InChI=1S/C14H12ClFN2O/c15-11-5-3-6-12(16)13(11)14(19)18-9-7-10-4-1-2-8-17-10/h1-6,8H,7,9H2,(H,18,19). The fourth-order valence-electron chi connectivity index (χ4n) is 1.65.